The van der Waals surface area contributed by atoms with E-state index in [0.29, 0.717) is 30.3 Å². The van der Waals surface area contributed by atoms with Crippen LogP contribution < -0.4 is 0 Å². The summed E-state index contributed by atoms with van der Waals surface area (Å²) in [6, 6.07) is 5.61. The lowest BCUT2D eigenvalue weighted by Crippen LogP contribution is -1.95. The summed E-state index contributed by atoms with van der Waals surface area (Å²) in [5, 5.41) is 12.4. The number of aromatic nitrogens is 3. The summed E-state index contributed by atoms with van der Waals surface area (Å²) in [5.74, 6) is 0.204. The van der Waals surface area contributed by atoms with Gasteiger partial charge in [-0.25, -0.2) is 4.98 Å². The summed E-state index contributed by atoms with van der Waals surface area (Å²) in [7, 11) is 0. The fraction of sp³-hybridized carbons (Fsp3) is 0.385. The van der Waals surface area contributed by atoms with Crippen molar-refractivity contribution in [1.82, 2.24) is 15.1 Å². The molecule has 0 aliphatic heterocycles. The Labute approximate surface area is 110 Å². The van der Waals surface area contributed by atoms with Crippen LogP contribution in [0.3, 0.4) is 0 Å². The van der Waals surface area contributed by atoms with E-state index in [-0.39, 0.29) is 6.42 Å². The van der Waals surface area contributed by atoms with Crippen LogP contribution >= 0.6 is 0 Å². The third kappa shape index (κ3) is 3.87. The van der Waals surface area contributed by atoms with E-state index in [9.17, 15) is 4.79 Å². The molecule has 100 valence electrons. The van der Waals surface area contributed by atoms with Crippen LogP contribution in [-0.2, 0) is 11.2 Å². The second-order valence-corrected chi connectivity index (χ2v) is 4.28. The van der Waals surface area contributed by atoms with Crippen LogP contribution in [0, 0.1) is 6.92 Å². The van der Waals surface area contributed by atoms with Gasteiger partial charge in [-0.3, -0.25) is 4.79 Å². The van der Waals surface area contributed by atoms with E-state index in [0.717, 1.165) is 12.1 Å². The minimum atomic E-state index is -0.782. The Morgan fingerprint density at radius 2 is 2.16 bits per heavy atom. The van der Waals surface area contributed by atoms with Crippen LogP contribution in [0.25, 0.3) is 11.5 Å². The van der Waals surface area contributed by atoms with Crippen molar-refractivity contribution in [2.45, 2.75) is 32.6 Å². The van der Waals surface area contributed by atoms with Crippen molar-refractivity contribution in [3.63, 3.8) is 0 Å². The fourth-order valence-electron chi connectivity index (χ4n) is 1.68. The highest BCUT2D eigenvalue weighted by Gasteiger charge is 2.09. The first-order valence-electron chi connectivity index (χ1n) is 6.13. The lowest BCUT2D eigenvalue weighted by atomic mass is 10.2. The third-order valence-electron chi connectivity index (χ3n) is 2.62. The zero-order valence-electron chi connectivity index (χ0n) is 10.7. The van der Waals surface area contributed by atoms with Gasteiger partial charge in [-0.05, 0) is 31.9 Å². The Bertz CT molecular complexity index is 566. The number of unbranched alkanes of at least 4 members (excludes halogenated alkanes) is 1. The molecule has 0 atom stereocenters. The molecule has 0 saturated carbocycles. The SMILES string of the molecule is Cc1cccc(-c2noc(CCCCC(=O)O)n2)n1. The van der Waals surface area contributed by atoms with Crippen molar-refractivity contribution in [2.24, 2.45) is 0 Å². The van der Waals surface area contributed by atoms with Crippen LogP contribution in [-0.4, -0.2) is 26.2 Å². The molecule has 2 aromatic heterocycles. The second kappa shape index (κ2) is 6.08. The number of hydrogen-bond donors (Lipinski definition) is 1. The maximum Gasteiger partial charge on any atom is 0.303 e. The van der Waals surface area contributed by atoms with E-state index in [1.165, 1.54) is 0 Å². The second-order valence-electron chi connectivity index (χ2n) is 4.28. The number of pyridine rings is 1. The number of nitrogens with zero attached hydrogens (tertiary/aromatic N) is 3. The van der Waals surface area contributed by atoms with Crippen LogP contribution in [0.5, 0.6) is 0 Å². The third-order valence-corrected chi connectivity index (χ3v) is 2.62. The maximum absolute atomic E-state index is 10.4. The van der Waals surface area contributed by atoms with E-state index in [2.05, 4.69) is 15.1 Å². The van der Waals surface area contributed by atoms with Gasteiger partial charge in [0, 0.05) is 18.5 Å². The summed E-state index contributed by atoms with van der Waals surface area (Å²) in [6.45, 7) is 1.90. The molecule has 2 rings (SSSR count). The minimum Gasteiger partial charge on any atom is -0.481 e. The molecule has 0 bridgehead atoms. The summed E-state index contributed by atoms with van der Waals surface area (Å²) in [5.41, 5.74) is 1.57. The monoisotopic (exact) mass is 261 g/mol. The zero-order chi connectivity index (χ0) is 13.7. The molecule has 0 radical (unpaired) electrons. The molecule has 0 aromatic carbocycles. The molecule has 6 heteroatoms. The lowest BCUT2D eigenvalue weighted by molar-refractivity contribution is -0.137. The maximum atomic E-state index is 10.4. The molecule has 2 heterocycles. The molecule has 0 aliphatic carbocycles. The van der Waals surface area contributed by atoms with Crippen LogP contribution in [0.1, 0.15) is 30.8 Å². The Morgan fingerprint density at radius 3 is 2.89 bits per heavy atom. The standard InChI is InChI=1S/C13H15N3O3/c1-9-5-4-6-10(14-9)13-15-11(19-16-13)7-2-3-8-12(17)18/h4-6H,2-3,7-8H2,1H3,(H,17,18). The molecule has 0 saturated heterocycles. The number of carboxylic acids is 1. The van der Waals surface area contributed by atoms with Gasteiger partial charge in [-0.15, -0.1) is 0 Å². The van der Waals surface area contributed by atoms with Gasteiger partial charge in [0.15, 0.2) is 0 Å². The Balaban J connectivity index is 1.94. The first-order valence-corrected chi connectivity index (χ1v) is 6.13. The number of aryl methyl sites for hydroxylation is 2. The lowest BCUT2D eigenvalue weighted by Gasteiger charge is -1.94. The summed E-state index contributed by atoms with van der Waals surface area (Å²) < 4.78 is 5.12. The summed E-state index contributed by atoms with van der Waals surface area (Å²) >= 11 is 0. The zero-order valence-corrected chi connectivity index (χ0v) is 10.7. The van der Waals surface area contributed by atoms with Crippen molar-refractivity contribution in [3.8, 4) is 11.5 Å². The molecular formula is C13H15N3O3. The smallest absolute Gasteiger partial charge is 0.303 e. The number of carboxylic acid groups (broad SMARTS) is 1. The van der Waals surface area contributed by atoms with Gasteiger partial charge in [0.05, 0.1) is 0 Å². The Hall–Kier alpha value is -2.24. The first kappa shape index (κ1) is 13.2. The fourth-order valence-corrected chi connectivity index (χ4v) is 1.68. The van der Waals surface area contributed by atoms with E-state index >= 15 is 0 Å². The summed E-state index contributed by atoms with van der Waals surface area (Å²) in [4.78, 5) is 18.9. The van der Waals surface area contributed by atoms with Gasteiger partial charge in [0.25, 0.3) is 0 Å². The normalized spacial score (nSPS) is 10.6. The molecule has 6 nitrogen and oxygen atoms in total. The predicted molar refractivity (Wildman–Crippen MR) is 67.5 cm³/mol. The van der Waals surface area contributed by atoms with Crippen LogP contribution in [0.4, 0.5) is 0 Å². The highest BCUT2D eigenvalue weighted by Crippen LogP contribution is 2.14. The topological polar surface area (TPSA) is 89.1 Å². The quantitative estimate of drug-likeness (QED) is 0.802. The molecular weight excluding hydrogens is 246 g/mol. The van der Waals surface area contributed by atoms with E-state index in [1.807, 2.05) is 25.1 Å². The molecule has 0 unspecified atom stereocenters. The van der Waals surface area contributed by atoms with Crippen molar-refractivity contribution in [3.05, 3.63) is 29.8 Å². The van der Waals surface area contributed by atoms with Crippen LogP contribution in [0.2, 0.25) is 0 Å². The van der Waals surface area contributed by atoms with E-state index < -0.39 is 5.97 Å². The molecule has 1 N–H and O–H groups in total. The first-order chi connectivity index (χ1) is 9.15. The molecule has 0 aliphatic rings. The van der Waals surface area contributed by atoms with Crippen molar-refractivity contribution in [2.75, 3.05) is 0 Å². The largest absolute Gasteiger partial charge is 0.481 e. The predicted octanol–water partition coefficient (Wildman–Crippen LogP) is 2.24. The van der Waals surface area contributed by atoms with E-state index in [1.54, 1.807) is 0 Å². The van der Waals surface area contributed by atoms with Crippen molar-refractivity contribution >= 4 is 5.97 Å². The average molecular weight is 261 g/mol. The number of rotatable bonds is 6. The Kier molecular flexibility index (Phi) is 4.22. The van der Waals surface area contributed by atoms with Crippen molar-refractivity contribution < 1.29 is 14.4 Å². The summed E-state index contributed by atoms with van der Waals surface area (Å²) in [6.07, 6.45) is 2.08. The minimum absolute atomic E-state index is 0.167. The molecule has 2 aromatic rings. The van der Waals surface area contributed by atoms with Crippen molar-refractivity contribution in [1.29, 1.82) is 0 Å². The molecule has 19 heavy (non-hydrogen) atoms. The molecule has 0 amide bonds. The van der Waals surface area contributed by atoms with Gasteiger partial charge in [-0.1, -0.05) is 11.2 Å². The number of carbonyl (C=O) groups is 1. The van der Waals surface area contributed by atoms with Gasteiger partial charge in [0.1, 0.15) is 5.69 Å². The highest BCUT2D eigenvalue weighted by atomic mass is 16.5. The molecule has 0 spiro atoms. The molecule has 0 fully saturated rings. The van der Waals surface area contributed by atoms with Gasteiger partial charge in [-0.2, -0.15) is 4.98 Å². The highest BCUT2D eigenvalue weighted by molar-refractivity contribution is 5.66. The van der Waals surface area contributed by atoms with Gasteiger partial charge in [0.2, 0.25) is 11.7 Å². The number of aliphatic carboxylic acids is 1. The van der Waals surface area contributed by atoms with Gasteiger partial charge < -0.3 is 9.63 Å². The Morgan fingerprint density at radius 1 is 1.32 bits per heavy atom. The van der Waals surface area contributed by atoms with E-state index in [4.69, 9.17) is 9.63 Å². The average Bonchev–Trinajstić information content (AvgIpc) is 2.83. The van der Waals surface area contributed by atoms with Crippen LogP contribution in [0.15, 0.2) is 22.7 Å². The number of hydrogen-bond acceptors (Lipinski definition) is 5. The van der Waals surface area contributed by atoms with Gasteiger partial charge >= 0.3 is 5.97 Å².